The van der Waals surface area contributed by atoms with E-state index in [1.165, 1.54) is 5.56 Å². The highest BCUT2D eigenvalue weighted by molar-refractivity contribution is 5.26. The summed E-state index contributed by atoms with van der Waals surface area (Å²) in [4.78, 5) is 0. The predicted octanol–water partition coefficient (Wildman–Crippen LogP) is 1.61. The topological polar surface area (TPSA) is 39.2 Å². The van der Waals surface area contributed by atoms with Crippen LogP contribution < -0.4 is 5.73 Å². The molecule has 1 aromatic heterocycles. The van der Waals surface area contributed by atoms with Crippen LogP contribution in [0.3, 0.4) is 0 Å². The van der Waals surface area contributed by atoms with E-state index in [2.05, 4.69) is 6.92 Å². The van der Waals surface area contributed by atoms with Crippen LogP contribution in [0.25, 0.3) is 0 Å². The molecular formula is C8H13NO. The van der Waals surface area contributed by atoms with Crippen molar-refractivity contribution in [2.24, 2.45) is 5.73 Å². The molecule has 0 atom stereocenters. The van der Waals surface area contributed by atoms with Crippen LogP contribution in [0.2, 0.25) is 0 Å². The molecule has 0 radical (unpaired) electrons. The third-order valence-electron chi connectivity index (χ3n) is 1.76. The molecule has 0 saturated carbocycles. The summed E-state index contributed by atoms with van der Waals surface area (Å²) in [6, 6.07) is 0. The van der Waals surface area contributed by atoms with Gasteiger partial charge in [0.1, 0.15) is 5.76 Å². The molecule has 1 rings (SSSR count). The molecule has 2 N–H and O–H groups in total. The van der Waals surface area contributed by atoms with Crippen molar-refractivity contribution in [1.82, 2.24) is 0 Å². The zero-order valence-electron chi connectivity index (χ0n) is 6.48. The number of hydrogen-bond acceptors (Lipinski definition) is 2. The first-order chi connectivity index (χ1) is 4.79. The Balaban J connectivity index is 3.01. The molecule has 0 spiro atoms. The second-order valence-electron chi connectivity index (χ2n) is 2.35. The van der Waals surface area contributed by atoms with E-state index >= 15 is 0 Å². The molecule has 0 aliphatic carbocycles. The summed E-state index contributed by atoms with van der Waals surface area (Å²) in [7, 11) is 0. The third-order valence-corrected chi connectivity index (χ3v) is 1.76. The first-order valence-corrected chi connectivity index (χ1v) is 3.55. The van der Waals surface area contributed by atoms with Crippen molar-refractivity contribution >= 4 is 0 Å². The molecule has 2 heteroatoms. The lowest BCUT2D eigenvalue weighted by atomic mass is 10.1. The third kappa shape index (κ3) is 1.07. The zero-order valence-corrected chi connectivity index (χ0v) is 6.48. The van der Waals surface area contributed by atoms with Gasteiger partial charge in [-0.2, -0.15) is 0 Å². The average molecular weight is 139 g/mol. The summed E-state index contributed by atoms with van der Waals surface area (Å²) in [5, 5.41) is 0. The quantitative estimate of drug-likeness (QED) is 0.676. The summed E-state index contributed by atoms with van der Waals surface area (Å²) < 4.78 is 5.20. The lowest BCUT2D eigenvalue weighted by Crippen LogP contribution is -1.97. The molecule has 10 heavy (non-hydrogen) atoms. The van der Waals surface area contributed by atoms with Crippen LogP contribution in [0.5, 0.6) is 0 Å². The summed E-state index contributed by atoms with van der Waals surface area (Å²) in [5.41, 5.74) is 7.88. The van der Waals surface area contributed by atoms with E-state index in [0.29, 0.717) is 6.54 Å². The van der Waals surface area contributed by atoms with Crippen LogP contribution in [0.4, 0.5) is 0 Å². The highest BCUT2D eigenvalue weighted by atomic mass is 16.3. The molecule has 56 valence electrons. The first-order valence-electron chi connectivity index (χ1n) is 3.55. The van der Waals surface area contributed by atoms with E-state index in [0.717, 1.165) is 17.7 Å². The maximum atomic E-state index is 5.48. The van der Waals surface area contributed by atoms with Crippen molar-refractivity contribution in [3.05, 3.63) is 23.2 Å². The van der Waals surface area contributed by atoms with Crippen LogP contribution in [0.1, 0.15) is 23.8 Å². The van der Waals surface area contributed by atoms with Gasteiger partial charge in [0.2, 0.25) is 0 Å². The van der Waals surface area contributed by atoms with Crippen molar-refractivity contribution in [2.75, 3.05) is 0 Å². The van der Waals surface area contributed by atoms with Crippen molar-refractivity contribution in [1.29, 1.82) is 0 Å². The Labute approximate surface area is 61.0 Å². The largest absolute Gasteiger partial charge is 0.469 e. The minimum Gasteiger partial charge on any atom is -0.469 e. The van der Waals surface area contributed by atoms with E-state index in [1.54, 1.807) is 6.26 Å². The number of nitrogens with two attached hydrogens (primary N) is 1. The van der Waals surface area contributed by atoms with Crippen molar-refractivity contribution < 1.29 is 4.42 Å². The minimum absolute atomic E-state index is 0.584. The molecule has 2 nitrogen and oxygen atoms in total. The van der Waals surface area contributed by atoms with Gasteiger partial charge in [0.05, 0.1) is 6.26 Å². The van der Waals surface area contributed by atoms with Crippen LogP contribution in [-0.4, -0.2) is 0 Å². The molecule has 0 bridgehead atoms. The SMILES string of the molecule is CCc1c(CN)coc1C. The van der Waals surface area contributed by atoms with E-state index in [1.807, 2.05) is 6.92 Å². The Bertz CT molecular complexity index is 215. The van der Waals surface area contributed by atoms with Gasteiger partial charge in [0, 0.05) is 12.1 Å². The molecule has 0 aliphatic rings. The summed E-state index contributed by atoms with van der Waals surface area (Å²) in [6.45, 7) is 4.66. The molecule has 0 unspecified atom stereocenters. The summed E-state index contributed by atoms with van der Waals surface area (Å²) in [5.74, 6) is 1.00. The van der Waals surface area contributed by atoms with Crippen molar-refractivity contribution in [2.45, 2.75) is 26.8 Å². The lowest BCUT2D eigenvalue weighted by Gasteiger charge is -1.94. The van der Waals surface area contributed by atoms with Crippen LogP contribution in [0, 0.1) is 6.92 Å². The Morgan fingerprint density at radius 2 is 2.30 bits per heavy atom. The molecule has 0 amide bonds. The predicted molar refractivity (Wildman–Crippen MR) is 40.7 cm³/mol. The van der Waals surface area contributed by atoms with Gasteiger partial charge in [0.25, 0.3) is 0 Å². The highest BCUT2D eigenvalue weighted by Gasteiger charge is 2.05. The fourth-order valence-electron chi connectivity index (χ4n) is 1.18. The maximum Gasteiger partial charge on any atom is 0.104 e. The Kier molecular flexibility index (Phi) is 2.12. The van der Waals surface area contributed by atoms with Gasteiger partial charge in [0.15, 0.2) is 0 Å². The zero-order chi connectivity index (χ0) is 7.56. The summed E-state index contributed by atoms with van der Waals surface area (Å²) >= 11 is 0. The van der Waals surface area contributed by atoms with E-state index in [9.17, 15) is 0 Å². The van der Waals surface area contributed by atoms with Gasteiger partial charge >= 0.3 is 0 Å². The second-order valence-corrected chi connectivity index (χ2v) is 2.35. The molecule has 1 aromatic rings. The number of hydrogen-bond donors (Lipinski definition) is 1. The standard InChI is InChI=1S/C8H13NO/c1-3-8-6(2)10-5-7(8)4-9/h5H,3-4,9H2,1-2H3. The normalized spacial score (nSPS) is 10.3. The van der Waals surface area contributed by atoms with Crippen LogP contribution in [0.15, 0.2) is 10.7 Å². The van der Waals surface area contributed by atoms with E-state index < -0.39 is 0 Å². The Hall–Kier alpha value is -0.760. The smallest absolute Gasteiger partial charge is 0.104 e. The minimum atomic E-state index is 0.584. The van der Waals surface area contributed by atoms with Gasteiger partial charge in [-0.1, -0.05) is 6.92 Å². The highest BCUT2D eigenvalue weighted by Crippen LogP contribution is 2.15. The van der Waals surface area contributed by atoms with Crippen molar-refractivity contribution in [3.8, 4) is 0 Å². The number of rotatable bonds is 2. The molecule has 1 heterocycles. The Morgan fingerprint density at radius 1 is 1.60 bits per heavy atom. The van der Waals surface area contributed by atoms with Crippen LogP contribution in [-0.2, 0) is 13.0 Å². The fourth-order valence-corrected chi connectivity index (χ4v) is 1.18. The number of aryl methyl sites for hydroxylation is 1. The molecule has 0 aromatic carbocycles. The van der Waals surface area contributed by atoms with Gasteiger partial charge in [-0.3, -0.25) is 0 Å². The maximum absolute atomic E-state index is 5.48. The van der Waals surface area contributed by atoms with Gasteiger partial charge in [-0.15, -0.1) is 0 Å². The average Bonchev–Trinajstić information content (AvgIpc) is 2.30. The van der Waals surface area contributed by atoms with E-state index in [4.69, 9.17) is 10.2 Å². The monoisotopic (exact) mass is 139 g/mol. The van der Waals surface area contributed by atoms with Crippen LogP contribution >= 0.6 is 0 Å². The second kappa shape index (κ2) is 2.88. The van der Waals surface area contributed by atoms with E-state index in [-0.39, 0.29) is 0 Å². The van der Waals surface area contributed by atoms with Gasteiger partial charge in [-0.05, 0) is 18.9 Å². The first kappa shape index (κ1) is 7.35. The van der Waals surface area contributed by atoms with Crippen molar-refractivity contribution in [3.63, 3.8) is 0 Å². The van der Waals surface area contributed by atoms with Gasteiger partial charge < -0.3 is 10.2 Å². The molecule has 0 fully saturated rings. The Morgan fingerprint density at radius 3 is 2.70 bits per heavy atom. The fraction of sp³-hybridized carbons (Fsp3) is 0.500. The molecule has 0 aliphatic heterocycles. The number of furan rings is 1. The molecule has 0 saturated heterocycles. The summed E-state index contributed by atoms with van der Waals surface area (Å²) in [6.07, 6.45) is 2.75. The van der Waals surface area contributed by atoms with Gasteiger partial charge in [-0.25, -0.2) is 0 Å². The lowest BCUT2D eigenvalue weighted by molar-refractivity contribution is 0.528. The molecular weight excluding hydrogens is 126 g/mol.